The van der Waals surface area contributed by atoms with Crippen LogP contribution in [0.1, 0.15) is 40.0 Å². The van der Waals surface area contributed by atoms with Gasteiger partial charge in [0.25, 0.3) is 0 Å². The Kier molecular flexibility index (Phi) is 4.33. The lowest BCUT2D eigenvalue weighted by Gasteiger charge is -2.28. The standard InChI is InChI=1S/C12H24N2O2/c1-4-12(16,5-2)9-14-10(15)11(3)6-7-13-8-11/h13,16H,4-9H2,1-3H3,(H,14,15). The number of aliphatic hydroxyl groups is 1. The van der Waals surface area contributed by atoms with Gasteiger partial charge in [-0.15, -0.1) is 0 Å². The molecule has 0 saturated carbocycles. The van der Waals surface area contributed by atoms with Crippen molar-refractivity contribution in [2.24, 2.45) is 5.41 Å². The minimum Gasteiger partial charge on any atom is -0.388 e. The highest BCUT2D eigenvalue weighted by atomic mass is 16.3. The quantitative estimate of drug-likeness (QED) is 0.647. The SMILES string of the molecule is CCC(O)(CC)CNC(=O)C1(C)CCNC1. The van der Waals surface area contributed by atoms with Gasteiger partial charge in [-0.05, 0) is 32.7 Å². The second kappa shape index (κ2) is 5.15. The molecule has 16 heavy (non-hydrogen) atoms. The third-order valence-electron chi connectivity index (χ3n) is 3.81. The summed E-state index contributed by atoms with van der Waals surface area (Å²) in [5.41, 5.74) is -1.06. The molecule has 3 N–H and O–H groups in total. The first kappa shape index (κ1) is 13.5. The average molecular weight is 228 g/mol. The van der Waals surface area contributed by atoms with Gasteiger partial charge >= 0.3 is 0 Å². The molecule has 1 unspecified atom stereocenters. The van der Waals surface area contributed by atoms with Crippen LogP contribution >= 0.6 is 0 Å². The first-order chi connectivity index (χ1) is 7.46. The van der Waals surface area contributed by atoms with E-state index in [1.807, 2.05) is 20.8 Å². The molecule has 1 aliphatic heterocycles. The summed E-state index contributed by atoms with van der Waals surface area (Å²) in [5, 5.41) is 16.1. The Morgan fingerprint density at radius 2 is 2.12 bits per heavy atom. The highest BCUT2D eigenvalue weighted by Crippen LogP contribution is 2.24. The van der Waals surface area contributed by atoms with E-state index in [0.29, 0.717) is 19.4 Å². The van der Waals surface area contributed by atoms with Gasteiger partial charge in [-0.3, -0.25) is 4.79 Å². The Bertz CT molecular complexity index is 243. The predicted molar refractivity (Wildman–Crippen MR) is 64.1 cm³/mol. The van der Waals surface area contributed by atoms with Crippen molar-refractivity contribution in [1.29, 1.82) is 0 Å². The Balaban J connectivity index is 2.46. The van der Waals surface area contributed by atoms with Gasteiger partial charge in [-0.2, -0.15) is 0 Å². The highest BCUT2D eigenvalue weighted by Gasteiger charge is 2.37. The largest absolute Gasteiger partial charge is 0.388 e. The molecule has 1 aliphatic rings. The molecule has 0 aromatic heterocycles. The van der Waals surface area contributed by atoms with E-state index in [9.17, 15) is 9.90 Å². The summed E-state index contributed by atoms with van der Waals surface area (Å²) in [7, 11) is 0. The average Bonchev–Trinajstić information content (AvgIpc) is 2.74. The van der Waals surface area contributed by atoms with Gasteiger partial charge in [0.05, 0.1) is 11.0 Å². The molecular weight excluding hydrogens is 204 g/mol. The van der Waals surface area contributed by atoms with E-state index in [-0.39, 0.29) is 11.3 Å². The number of amides is 1. The van der Waals surface area contributed by atoms with Crippen LogP contribution in [0.25, 0.3) is 0 Å². The van der Waals surface area contributed by atoms with Crippen molar-refractivity contribution >= 4 is 5.91 Å². The lowest BCUT2D eigenvalue weighted by molar-refractivity contribution is -0.130. The summed E-state index contributed by atoms with van der Waals surface area (Å²) >= 11 is 0. The maximum absolute atomic E-state index is 12.0. The molecule has 1 amide bonds. The zero-order valence-electron chi connectivity index (χ0n) is 10.6. The molecule has 94 valence electrons. The molecule has 1 fully saturated rings. The van der Waals surface area contributed by atoms with Crippen LogP contribution in [0.5, 0.6) is 0 Å². The molecule has 4 nitrogen and oxygen atoms in total. The Morgan fingerprint density at radius 1 is 1.50 bits per heavy atom. The van der Waals surface area contributed by atoms with Crippen molar-refractivity contribution < 1.29 is 9.90 Å². The molecule has 1 heterocycles. The van der Waals surface area contributed by atoms with Crippen molar-refractivity contribution in [1.82, 2.24) is 10.6 Å². The lowest BCUT2D eigenvalue weighted by Crippen LogP contribution is -2.47. The van der Waals surface area contributed by atoms with E-state index in [4.69, 9.17) is 0 Å². The van der Waals surface area contributed by atoms with E-state index >= 15 is 0 Å². The molecule has 1 rings (SSSR count). The van der Waals surface area contributed by atoms with E-state index < -0.39 is 5.60 Å². The zero-order chi connectivity index (χ0) is 12.2. The molecule has 0 radical (unpaired) electrons. The maximum atomic E-state index is 12.0. The summed E-state index contributed by atoms with van der Waals surface area (Å²) in [6.07, 6.45) is 2.20. The molecule has 0 aliphatic carbocycles. The fourth-order valence-electron chi connectivity index (χ4n) is 1.97. The normalized spacial score (nSPS) is 25.8. The number of hydrogen-bond donors (Lipinski definition) is 3. The fraction of sp³-hybridized carbons (Fsp3) is 0.917. The van der Waals surface area contributed by atoms with Crippen LogP contribution in [0, 0.1) is 5.41 Å². The van der Waals surface area contributed by atoms with Gasteiger partial charge in [0, 0.05) is 13.1 Å². The monoisotopic (exact) mass is 228 g/mol. The predicted octanol–water partition coefficient (Wildman–Crippen LogP) is 0.653. The minimum atomic E-state index is -0.752. The van der Waals surface area contributed by atoms with Crippen LogP contribution in [0.3, 0.4) is 0 Å². The van der Waals surface area contributed by atoms with Gasteiger partial charge in [0.15, 0.2) is 0 Å². The van der Waals surface area contributed by atoms with Gasteiger partial charge in [-0.1, -0.05) is 13.8 Å². The van der Waals surface area contributed by atoms with Crippen molar-refractivity contribution in [3.63, 3.8) is 0 Å². The molecular formula is C12H24N2O2. The number of nitrogens with one attached hydrogen (secondary N) is 2. The molecule has 4 heteroatoms. The smallest absolute Gasteiger partial charge is 0.227 e. The van der Waals surface area contributed by atoms with Gasteiger partial charge in [0.2, 0.25) is 5.91 Å². The van der Waals surface area contributed by atoms with E-state index in [1.165, 1.54) is 0 Å². The first-order valence-electron chi connectivity index (χ1n) is 6.17. The van der Waals surface area contributed by atoms with Gasteiger partial charge < -0.3 is 15.7 Å². The van der Waals surface area contributed by atoms with Crippen molar-refractivity contribution in [3.05, 3.63) is 0 Å². The van der Waals surface area contributed by atoms with Crippen LogP contribution in [0.15, 0.2) is 0 Å². The fourth-order valence-corrected chi connectivity index (χ4v) is 1.97. The van der Waals surface area contributed by atoms with Gasteiger partial charge in [-0.25, -0.2) is 0 Å². The summed E-state index contributed by atoms with van der Waals surface area (Å²) in [6, 6.07) is 0. The van der Waals surface area contributed by atoms with E-state index in [0.717, 1.165) is 19.5 Å². The van der Waals surface area contributed by atoms with Crippen molar-refractivity contribution in [2.75, 3.05) is 19.6 Å². The first-order valence-corrected chi connectivity index (χ1v) is 6.17. The topological polar surface area (TPSA) is 61.4 Å². The summed E-state index contributed by atoms with van der Waals surface area (Å²) in [4.78, 5) is 12.0. The second-order valence-electron chi connectivity index (χ2n) is 5.10. The Morgan fingerprint density at radius 3 is 2.56 bits per heavy atom. The number of rotatable bonds is 5. The molecule has 1 saturated heterocycles. The minimum absolute atomic E-state index is 0.0535. The summed E-state index contributed by atoms with van der Waals surface area (Å²) in [5.74, 6) is 0.0535. The molecule has 0 bridgehead atoms. The van der Waals surface area contributed by atoms with Crippen LogP contribution in [-0.2, 0) is 4.79 Å². The molecule has 1 atom stereocenters. The van der Waals surface area contributed by atoms with Crippen molar-refractivity contribution in [3.8, 4) is 0 Å². The van der Waals surface area contributed by atoms with E-state index in [2.05, 4.69) is 10.6 Å². The van der Waals surface area contributed by atoms with E-state index in [1.54, 1.807) is 0 Å². The van der Waals surface area contributed by atoms with Crippen LogP contribution in [0.4, 0.5) is 0 Å². The summed E-state index contributed by atoms with van der Waals surface area (Å²) in [6.45, 7) is 7.84. The number of carbonyl (C=O) groups excluding carboxylic acids is 1. The van der Waals surface area contributed by atoms with Gasteiger partial charge in [0.1, 0.15) is 0 Å². The highest BCUT2D eigenvalue weighted by molar-refractivity contribution is 5.82. The molecule has 0 spiro atoms. The molecule has 0 aromatic carbocycles. The maximum Gasteiger partial charge on any atom is 0.227 e. The third kappa shape index (κ3) is 2.95. The Labute approximate surface area is 97.8 Å². The summed E-state index contributed by atoms with van der Waals surface area (Å²) < 4.78 is 0. The lowest BCUT2D eigenvalue weighted by atomic mass is 9.88. The zero-order valence-corrected chi connectivity index (χ0v) is 10.6. The van der Waals surface area contributed by atoms with Crippen LogP contribution < -0.4 is 10.6 Å². The van der Waals surface area contributed by atoms with Crippen molar-refractivity contribution in [2.45, 2.75) is 45.6 Å². The van der Waals surface area contributed by atoms with Crippen LogP contribution in [0.2, 0.25) is 0 Å². The second-order valence-corrected chi connectivity index (χ2v) is 5.10. The molecule has 0 aromatic rings. The Hall–Kier alpha value is -0.610. The number of carbonyl (C=O) groups is 1. The number of hydrogen-bond acceptors (Lipinski definition) is 3. The van der Waals surface area contributed by atoms with Crippen LogP contribution in [-0.4, -0.2) is 36.2 Å². The third-order valence-corrected chi connectivity index (χ3v) is 3.81.